The average molecular weight is 292 g/mol. The largest absolute Gasteiger partial charge is 0.484 e. The van der Waals surface area contributed by atoms with Crippen molar-refractivity contribution < 1.29 is 9.53 Å². The van der Waals surface area contributed by atoms with E-state index in [0.29, 0.717) is 0 Å². The van der Waals surface area contributed by atoms with Gasteiger partial charge in [0.25, 0.3) is 5.91 Å². The van der Waals surface area contributed by atoms with Gasteiger partial charge in [-0.1, -0.05) is 25.5 Å². The minimum Gasteiger partial charge on any atom is -0.484 e. The Balaban J connectivity index is 2.35. The van der Waals surface area contributed by atoms with E-state index >= 15 is 0 Å². The number of carbonyl (C=O) groups is 1. The van der Waals surface area contributed by atoms with Gasteiger partial charge in [-0.2, -0.15) is 0 Å². The average Bonchev–Trinajstić information content (AvgIpc) is 2.52. The maximum Gasteiger partial charge on any atom is 0.260 e. The third-order valence-electron chi connectivity index (χ3n) is 3.44. The van der Waals surface area contributed by atoms with Gasteiger partial charge in [-0.15, -0.1) is 0 Å². The van der Waals surface area contributed by atoms with Gasteiger partial charge in [-0.05, 0) is 44.5 Å². The van der Waals surface area contributed by atoms with Gasteiger partial charge in [0.1, 0.15) is 5.75 Å². The van der Waals surface area contributed by atoms with Crippen molar-refractivity contribution in [3.8, 4) is 5.75 Å². The molecule has 0 aliphatic heterocycles. The molecule has 1 N–H and O–H groups in total. The fourth-order valence-electron chi connectivity index (χ4n) is 2.05. The Morgan fingerprint density at radius 2 is 1.81 bits per heavy atom. The highest BCUT2D eigenvalue weighted by Crippen LogP contribution is 2.12. The van der Waals surface area contributed by atoms with E-state index in [9.17, 15) is 4.79 Å². The number of rotatable bonds is 10. The van der Waals surface area contributed by atoms with Gasteiger partial charge in [0.2, 0.25) is 0 Å². The lowest BCUT2D eigenvalue weighted by Crippen LogP contribution is -2.34. The minimum atomic E-state index is 0.0327. The number of nitrogens with one attached hydrogen (secondary N) is 1. The van der Waals surface area contributed by atoms with Crippen LogP contribution in [0.25, 0.3) is 0 Å². The third-order valence-corrected chi connectivity index (χ3v) is 3.44. The molecule has 118 valence electrons. The normalized spacial score (nSPS) is 10.4. The molecule has 4 nitrogen and oxygen atoms in total. The summed E-state index contributed by atoms with van der Waals surface area (Å²) in [5, 5.41) is 3.40. The molecule has 0 saturated heterocycles. The maximum absolute atomic E-state index is 11.8. The number of unbranched alkanes of at least 4 members (excludes halogenated alkanes) is 1. The van der Waals surface area contributed by atoms with Crippen molar-refractivity contribution in [1.82, 2.24) is 10.2 Å². The van der Waals surface area contributed by atoms with Gasteiger partial charge in [0.15, 0.2) is 6.61 Å². The van der Waals surface area contributed by atoms with Crippen LogP contribution < -0.4 is 10.1 Å². The molecule has 0 heterocycles. The summed E-state index contributed by atoms with van der Waals surface area (Å²) in [5.41, 5.74) is 1.23. The summed E-state index contributed by atoms with van der Waals surface area (Å²) >= 11 is 0. The molecule has 0 fully saturated rings. The van der Waals surface area contributed by atoms with E-state index in [4.69, 9.17) is 4.74 Å². The highest BCUT2D eigenvalue weighted by Gasteiger charge is 2.09. The van der Waals surface area contributed by atoms with E-state index in [2.05, 4.69) is 12.2 Å². The first-order valence-corrected chi connectivity index (χ1v) is 7.91. The number of likely N-dealkylation sites (N-methyl/N-ethyl adjacent to an activating group) is 1. The molecule has 0 radical (unpaired) electrons. The summed E-state index contributed by atoms with van der Waals surface area (Å²) in [5.74, 6) is 0.776. The molecule has 0 atom stereocenters. The van der Waals surface area contributed by atoms with Crippen LogP contribution in [0.2, 0.25) is 0 Å². The molecular weight excluding hydrogens is 264 g/mol. The lowest BCUT2D eigenvalue weighted by atomic mass is 10.2. The Morgan fingerprint density at radius 1 is 1.14 bits per heavy atom. The lowest BCUT2D eigenvalue weighted by molar-refractivity contribution is -0.132. The number of amides is 1. The van der Waals surface area contributed by atoms with Crippen molar-refractivity contribution in [2.24, 2.45) is 0 Å². The minimum absolute atomic E-state index is 0.0327. The number of carbonyl (C=O) groups excluding carboxylic acids is 1. The van der Waals surface area contributed by atoms with Crippen molar-refractivity contribution in [3.63, 3.8) is 0 Å². The summed E-state index contributed by atoms with van der Waals surface area (Å²) in [4.78, 5) is 13.6. The standard InChI is InChI=1S/C17H28N2O2/c1-4-7-12-18-13-15-8-10-16(11-9-15)21-14-17(20)19(5-2)6-3/h8-11,18H,4-7,12-14H2,1-3H3. The van der Waals surface area contributed by atoms with E-state index in [1.54, 1.807) is 4.90 Å². The number of nitrogens with zero attached hydrogens (tertiary/aromatic N) is 1. The SMILES string of the molecule is CCCCNCc1ccc(OCC(=O)N(CC)CC)cc1. The number of hydrogen-bond donors (Lipinski definition) is 1. The first kappa shape index (κ1) is 17.5. The van der Waals surface area contributed by atoms with Gasteiger partial charge in [-0.3, -0.25) is 4.79 Å². The molecule has 0 bridgehead atoms. The Hall–Kier alpha value is -1.55. The molecule has 0 unspecified atom stereocenters. The van der Waals surface area contributed by atoms with Crippen molar-refractivity contribution in [2.45, 2.75) is 40.2 Å². The summed E-state index contributed by atoms with van der Waals surface area (Å²) in [6.07, 6.45) is 2.41. The van der Waals surface area contributed by atoms with Crippen molar-refractivity contribution >= 4 is 5.91 Å². The summed E-state index contributed by atoms with van der Waals surface area (Å²) < 4.78 is 5.54. The molecular formula is C17H28N2O2. The highest BCUT2D eigenvalue weighted by molar-refractivity contribution is 5.77. The number of ether oxygens (including phenoxy) is 1. The molecule has 0 saturated carbocycles. The molecule has 0 aliphatic carbocycles. The smallest absolute Gasteiger partial charge is 0.260 e. The summed E-state index contributed by atoms with van der Waals surface area (Å²) in [6, 6.07) is 7.92. The van der Waals surface area contributed by atoms with Gasteiger partial charge in [-0.25, -0.2) is 0 Å². The second kappa shape index (κ2) is 10.2. The lowest BCUT2D eigenvalue weighted by Gasteiger charge is -2.18. The van der Waals surface area contributed by atoms with E-state index < -0.39 is 0 Å². The van der Waals surface area contributed by atoms with Crippen molar-refractivity contribution in [3.05, 3.63) is 29.8 Å². The number of benzene rings is 1. The first-order chi connectivity index (χ1) is 10.2. The van der Waals surface area contributed by atoms with Gasteiger partial charge >= 0.3 is 0 Å². The van der Waals surface area contributed by atoms with Crippen LogP contribution in [0.4, 0.5) is 0 Å². The second-order valence-corrected chi connectivity index (χ2v) is 5.03. The summed E-state index contributed by atoms with van der Waals surface area (Å²) in [6.45, 7) is 9.61. The van der Waals surface area contributed by atoms with Crippen LogP contribution in [0.3, 0.4) is 0 Å². The van der Waals surface area contributed by atoms with Crippen LogP contribution in [0.15, 0.2) is 24.3 Å². The fraction of sp³-hybridized carbons (Fsp3) is 0.588. The highest BCUT2D eigenvalue weighted by atomic mass is 16.5. The topological polar surface area (TPSA) is 41.6 Å². The van der Waals surface area contributed by atoms with Crippen LogP contribution in [0, 0.1) is 0 Å². The van der Waals surface area contributed by atoms with E-state index in [-0.39, 0.29) is 12.5 Å². The van der Waals surface area contributed by atoms with Crippen LogP contribution >= 0.6 is 0 Å². The van der Waals surface area contributed by atoms with Gasteiger partial charge < -0.3 is 15.0 Å². The van der Waals surface area contributed by atoms with Crippen molar-refractivity contribution in [1.29, 1.82) is 0 Å². The fourth-order valence-corrected chi connectivity index (χ4v) is 2.05. The van der Waals surface area contributed by atoms with Crippen LogP contribution in [-0.2, 0) is 11.3 Å². The zero-order valence-electron chi connectivity index (χ0n) is 13.5. The van der Waals surface area contributed by atoms with E-state index in [1.165, 1.54) is 18.4 Å². The van der Waals surface area contributed by atoms with E-state index in [1.807, 2.05) is 38.1 Å². The molecule has 0 aliphatic rings. The molecule has 1 aromatic rings. The molecule has 21 heavy (non-hydrogen) atoms. The van der Waals surface area contributed by atoms with Crippen LogP contribution in [0.5, 0.6) is 5.75 Å². The van der Waals surface area contributed by atoms with Gasteiger partial charge in [0.05, 0.1) is 0 Å². The second-order valence-electron chi connectivity index (χ2n) is 5.03. The van der Waals surface area contributed by atoms with Crippen LogP contribution in [0.1, 0.15) is 39.2 Å². The van der Waals surface area contributed by atoms with Gasteiger partial charge in [0, 0.05) is 19.6 Å². The van der Waals surface area contributed by atoms with Crippen LogP contribution in [-0.4, -0.2) is 37.0 Å². The monoisotopic (exact) mass is 292 g/mol. The number of hydrogen-bond acceptors (Lipinski definition) is 3. The molecule has 4 heteroatoms. The predicted octanol–water partition coefficient (Wildman–Crippen LogP) is 2.82. The quantitative estimate of drug-likeness (QED) is 0.674. The molecule has 1 rings (SSSR count). The Labute approximate surface area is 128 Å². The molecule has 1 aromatic carbocycles. The van der Waals surface area contributed by atoms with E-state index in [0.717, 1.165) is 31.9 Å². The summed E-state index contributed by atoms with van der Waals surface area (Å²) in [7, 11) is 0. The first-order valence-electron chi connectivity index (χ1n) is 7.91. The maximum atomic E-state index is 11.8. The Morgan fingerprint density at radius 3 is 2.38 bits per heavy atom. The molecule has 0 aromatic heterocycles. The zero-order valence-corrected chi connectivity index (χ0v) is 13.5. The third kappa shape index (κ3) is 6.63. The van der Waals surface area contributed by atoms with Crippen molar-refractivity contribution in [2.75, 3.05) is 26.2 Å². The molecule has 1 amide bonds. The Bertz CT molecular complexity index is 400. The Kier molecular flexibility index (Phi) is 8.51. The molecule has 0 spiro atoms. The zero-order chi connectivity index (χ0) is 15.5. The predicted molar refractivity (Wildman–Crippen MR) is 86.5 cm³/mol.